The Morgan fingerprint density at radius 2 is 1.91 bits per heavy atom. The van der Waals surface area contributed by atoms with E-state index in [2.05, 4.69) is 23.7 Å². The highest BCUT2D eigenvalue weighted by Crippen LogP contribution is 2.35. The maximum atomic E-state index is 13.0. The summed E-state index contributed by atoms with van der Waals surface area (Å²) < 4.78 is 2.34. The smallest absolute Gasteiger partial charge is 0.243 e. The van der Waals surface area contributed by atoms with E-state index in [9.17, 15) is 9.59 Å². The van der Waals surface area contributed by atoms with Crippen LogP contribution in [-0.2, 0) is 16.0 Å². The molecular weight excluding hydrogens is 420 g/mol. The molecule has 0 aliphatic heterocycles. The zero-order valence-corrected chi connectivity index (χ0v) is 20.8. The van der Waals surface area contributed by atoms with Gasteiger partial charge in [-0.05, 0) is 51.7 Å². The molecule has 1 unspecified atom stereocenters. The number of hydrogen-bond acceptors (Lipinski definition) is 4. The van der Waals surface area contributed by atoms with Crippen molar-refractivity contribution in [2.45, 2.75) is 82.7 Å². The molecule has 7 heteroatoms. The molecule has 0 saturated heterocycles. The summed E-state index contributed by atoms with van der Waals surface area (Å²) in [6.45, 7) is 8.14. The largest absolute Gasteiger partial charge is 0.335 e. The normalized spacial score (nSPS) is 15.4. The summed E-state index contributed by atoms with van der Waals surface area (Å²) >= 11 is 1.50. The Balaban J connectivity index is 1.63. The van der Waals surface area contributed by atoms with Gasteiger partial charge in [-0.25, -0.2) is 4.98 Å². The summed E-state index contributed by atoms with van der Waals surface area (Å²) in [5.74, 6) is -0.253. The number of aromatic nitrogens is 2. The van der Waals surface area contributed by atoms with Crippen LogP contribution >= 0.6 is 11.8 Å². The van der Waals surface area contributed by atoms with E-state index in [4.69, 9.17) is 4.98 Å². The lowest BCUT2D eigenvalue weighted by atomic mass is 9.95. The van der Waals surface area contributed by atoms with Crippen LogP contribution in [0.5, 0.6) is 0 Å². The number of nitrogens with one attached hydrogen (secondary N) is 1. The Morgan fingerprint density at radius 1 is 1.22 bits per heavy atom. The Hall–Kier alpha value is -2.28. The van der Waals surface area contributed by atoms with Crippen LogP contribution in [0.3, 0.4) is 0 Å². The SMILES string of the molecule is CCc1ccccc1NC(=O)CN(C)C(=O)C(C)Sc1nc(C)c(C)n1C1CCCCC1. The molecule has 0 bridgehead atoms. The monoisotopic (exact) mass is 456 g/mol. The first-order chi connectivity index (χ1) is 15.3. The Morgan fingerprint density at radius 3 is 2.59 bits per heavy atom. The van der Waals surface area contributed by atoms with E-state index in [0.717, 1.165) is 28.5 Å². The van der Waals surface area contributed by atoms with Gasteiger partial charge < -0.3 is 14.8 Å². The van der Waals surface area contributed by atoms with Gasteiger partial charge in [-0.15, -0.1) is 0 Å². The highest BCUT2D eigenvalue weighted by molar-refractivity contribution is 8.00. The summed E-state index contributed by atoms with van der Waals surface area (Å²) in [5.41, 5.74) is 4.11. The second-order valence-corrected chi connectivity index (χ2v) is 10.0. The highest BCUT2D eigenvalue weighted by Gasteiger charge is 2.27. The molecule has 0 radical (unpaired) electrons. The van der Waals surface area contributed by atoms with Crippen molar-refractivity contribution in [3.05, 3.63) is 41.2 Å². The number of carbonyl (C=O) groups excluding carboxylic acids is 2. The summed E-state index contributed by atoms with van der Waals surface area (Å²) in [6.07, 6.45) is 6.98. The Labute approximate surface area is 196 Å². The van der Waals surface area contributed by atoms with E-state index in [0.29, 0.717) is 6.04 Å². The molecule has 0 spiro atoms. The van der Waals surface area contributed by atoms with E-state index >= 15 is 0 Å². The number of nitrogens with zero attached hydrogens (tertiary/aromatic N) is 3. The topological polar surface area (TPSA) is 67.2 Å². The minimum absolute atomic E-state index is 0.0247. The first-order valence-corrected chi connectivity index (χ1v) is 12.5. The van der Waals surface area contributed by atoms with Crippen molar-refractivity contribution in [1.29, 1.82) is 0 Å². The number of para-hydroxylation sites is 1. The minimum Gasteiger partial charge on any atom is -0.335 e. The predicted molar refractivity (Wildman–Crippen MR) is 131 cm³/mol. The van der Waals surface area contributed by atoms with Crippen molar-refractivity contribution < 1.29 is 9.59 Å². The molecule has 2 amide bonds. The first-order valence-electron chi connectivity index (χ1n) is 11.7. The molecule has 2 aromatic rings. The fraction of sp³-hybridized carbons (Fsp3) is 0.560. The number of likely N-dealkylation sites (N-methyl/N-ethyl adjacent to an activating group) is 1. The van der Waals surface area contributed by atoms with Gasteiger partial charge in [0.2, 0.25) is 11.8 Å². The van der Waals surface area contributed by atoms with E-state index in [1.54, 1.807) is 7.05 Å². The van der Waals surface area contributed by atoms with Crippen molar-refractivity contribution in [3.63, 3.8) is 0 Å². The standard InChI is InChI=1S/C25H36N4O2S/c1-6-20-12-10-11-15-22(20)27-23(30)16-28(5)24(31)19(4)32-25-26-17(2)18(3)29(25)21-13-8-7-9-14-21/h10-12,15,19,21H,6-9,13-14,16H2,1-5H3,(H,27,30). The number of anilines is 1. The van der Waals surface area contributed by atoms with Crippen LogP contribution in [0.25, 0.3) is 0 Å². The van der Waals surface area contributed by atoms with Gasteiger partial charge >= 0.3 is 0 Å². The summed E-state index contributed by atoms with van der Waals surface area (Å²) in [4.78, 5) is 31.9. The third-order valence-electron chi connectivity index (χ3n) is 6.35. The number of amides is 2. The van der Waals surface area contributed by atoms with E-state index in [-0.39, 0.29) is 23.6 Å². The molecule has 1 atom stereocenters. The van der Waals surface area contributed by atoms with Gasteiger partial charge in [-0.1, -0.05) is 56.1 Å². The predicted octanol–water partition coefficient (Wildman–Crippen LogP) is 5.15. The van der Waals surface area contributed by atoms with Gasteiger partial charge in [-0.3, -0.25) is 9.59 Å². The van der Waals surface area contributed by atoms with Crippen molar-refractivity contribution in [1.82, 2.24) is 14.5 Å². The Bertz CT molecular complexity index is 949. The molecular formula is C25H36N4O2S. The van der Waals surface area contributed by atoms with Crippen LogP contribution in [0, 0.1) is 13.8 Å². The summed E-state index contributed by atoms with van der Waals surface area (Å²) in [7, 11) is 1.69. The van der Waals surface area contributed by atoms with Crippen LogP contribution in [0.1, 0.15) is 68.9 Å². The van der Waals surface area contributed by atoms with Gasteiger partial charge in [0.25, 0.3) is 0 Å². The molecule has 174 valence electrons. The van der Waals surface area contributed by atoms with Crippen LogP contribution in [0.4, 0.5) is 5.69 Å². The maximum Gasteiger partial charge on any atom is 0.243 e. The molecule has 1 N–H and O–H groups in total. The molecule has 6 nitrogen and oxygen atoms in total. The number of carbonyl (C=O) groups is 2. The quantitative estimate of drug-likeness (QED) is 0.558. The fourth-order valence-electron chi connectivity index (χ4n) is 4.40. The van der Waals surface area contributed by atoms with Crippen LogP contribution < -0.4 is 5.32 Å². The highest BCUT2D eigenvalue weighted by atomic mass is 32.2. The van der Waals surface area contributed by atoms with Gasteiger partial charge in [0.05, 0.1) is 17.5 Å². The van der Waals surface area contributed by atoms with E-state index in [1.807, 2.05) is 38.1 Å². The molecule has 1 fully saturated rings. The molecule has 1 aromatic carbocycles. The van der Waals surface area contributed by atoms with Crippen LogP contribution in [-0.4, -0.2) is 45.1 Å². The van der Waals surface area contributed by atoms with Crippen LogP contribution in [0.15, 0.2) is 29.4 Å². The number of rotatable bonds is 8. The lowest BCUT2D eigenvalue weighted by molar-refractivity contribution is -0.132. The minimum atomic E-state index is -0.320. The van der Waals surface area contributed by atoms with Gasteiger partial charge in [0.15, 0.2) is 5.16 Å². The second-order valence-electron chi connectivity index (χ2n) is 8.74. The van der Waals surface area contributed by atoms with Gasteiger partial charge in [-0.2, -0.15) is 0 Å². The molecule has 32 heavy (non-hydrogen) atoms. The molecule has 3 rings (SSSR count). The lowest BCUT2D eigenvalue weighted by Gasteiger charge is -2.27. The maximum absolute atomic E-state index is 13.0. The molecule has 1 aliphatic carbocycles. The van der Waals surface area contributed by atoms with Crippen molar-refractivity contribution in [2.75, 3.05) is 18.9 Å². The number of hydrogen-bond donors (Lipinski definition) is 1. The Kier molecular flexibility index (Phi) is 8.40. The van der Waals surface area contributed by atoms with Gasteiger partial charge in [0, 0.05) is 24.5 Å². The number of aryl methyl sites for hydroxylation is 2. The third-order valence-corrected chi connectivity index (χ3v) is 7.41. The average Bonchev–Trinajstić information content (AvgIpc) is 3.06. The zero-order valence-electron chi connectivity index (χ0n) is 20.0. The number of thioether (sulfide) groups is 1. The van der Waals surface area contributed by atoms with Crippen LogP contribution in [0.2, 0.25) is 0 Å². The van der Waals surface area contributed by atoms with Crippen molar-refractivity contribution in [3.8, 4) is 0 Å². The first kappa shape index (κ1) is 24.4. The average molecular weight is 457 g/mol. The third kappa shape index (κ3) is 5.74. The fourth-order valence-corrected chi connectivity index (χ4v) is 5.59. The molecule has 1 aromatic heterocycles. The number of imidazole rings is 1. The summed E-state index contributed by atoms with van der Waals surface area (Å²) in [5, 5.41) is 3.54. The van der Waals surface area contributed by atoms with Crippen molar-refractivity contribution >= 4 is 29.3 Å². The van der Waals surface area contributed by atoms with Crippen molar-refractivity contribution in [2.24, 2.45) is 0 Å². The summed E-state index contributed by atoms with van der Waals surface area (Å²) in [6, 6.07) is 8.23. The van der Waals surface area contributed by atoms with E-state index < -0.39 is 0 Å². The van der Waals surface area contributed by atoms with E-state index in [1.165, 1.54) is 54.5 Å². The molecule has 1 heterocycles. The van der Waals surface area contributed by atoms with Gasteiger partial charge in [0.1, 0.15) is 0 Å². The molecule has 1 aliphatic rings. The molecule has 1 saturated carbocycles. The zero-order chi connectivity index (χ0) is 23.3. The number of benzene rings is 1. The lowest BCUT2D eigenvalue weighted by Crippen LogP contribution is -2.39. The second kappa shape index (κ2) is 11.0.